The first-order valence-electron chi connectivity index (χ1n) is 0. The van der Waals surface area contributed by atoms with Gasteiger partial charge in [0, 0.05) is 0 Å². The Labute approximate surface area is 111 Å². The molecule has 0 spiro atoms. The molecular formula is Cl6CoPt. The summed E-state index contributed by atoms with van der Waals surface area (Å²) in [4.78, 5) is 0. The van der Waals surface area contributed by atoms with Crippen molar-refractivity contribution in [2.24, 2.45) is 0 Å². The molecule has 0 heterocycles. The summed E-state index contributed by atoms with van der Waals surface area (Å²) >= 11 is 0. The molecule has 0 bridgehead atoms. The van der Waals surface area contributed by atoms with E-state index in [1.807, 2.05) is 0 Å². The average Bonchev–Trinajstić information content (AvgIpc) is 0. The van der Waals surface area contributed by atoms with Gasteiger partial charge in [-0.3, -0.25) is 0 Å². The number of halogens is 6. The van der Waals surface area contributed by atoms with Gasteiger partial charge in [-0.15, -0.1) is 0 Å². The quantitative estimate of drug-likeness (QED) is 0.333. The van der Waals surface area contributed by atoms with E-state index in [1.54, 1.807) is 0 Å². The van der Waals surface area contributed by atoms with Crippen molar-refractivity contribution in [3.05, 3.63) is 0 Å². The fourth-order valence-corrected chi connectivity index (χ4v) is 0. The molecule has 0 nitrogen and oxygen atoms in total. The molecule has 0 aliphatic rings. The van der Waals surface area contributed by atoms with Crippen molar-refractivity contribution in [1.82, 2.24) is 0 Å². The molecule has 0 atom stereocenters. The van der Waals surface area contributed by atoms with Crippen molar-refractivity contribution in [3.8, 4) is 0 Å². The smallest absolute Gasteiger partial charge is 1.00 e. The summed E-state index contributed by atoms with van der Waals surface area (Å²) in [5.41, 5.74) is 0. The van der Waals surface area contributed by atoms with Crippen LogP contribution in [0.2, 0.25) is 0 Å². The third kappa shape index (κ3) is 65.3. The Balaban J connectivity index is 0. The predicted octanol–water partition coefficient (Wildman–Crippen LogP) is -18.0. The van der Waals surface area contributed by atoms with Crippen molar-refractivity contribution in [2.45, 2.75) is 0 Å². The molecule has 0 aromatic heterocycles. The first-order valence-corrected chi connectivity index (χ1v) is 0. The van der Waals surface area contributed by atoms with E-state index in [2.05, 4.69) is 0 Å². The molecule has 0 aliphatic heterocycles. The van der Waals surface area contributed by atoms with Gasteiger partial charge in [-0.25, -0.2) is 0 Å². The Hall–Kier alpha value is 2.93. The van der Waals surface area contributed by atoms with Gasteiger partial charge in [-0.1, -0.05) is 0 Å². The fourth-order valence-electron chi connectivity index (χ4n) is 0. The Morgan fingerprint density at radius 3 is 0.375 bits per heavy atom. The Morgan fingerprint density at radius 2 is 0.375 bits per heavy atom. The van der Waals surface area contributed by atoms with Crippen LogP contribution in [0.25, 0.3) is 0 Å². The van der Waals surface area contributed by atoms with E-state index < -0.39 is 0 Å². The van der Waals surface area contributed by atoms with Gasteiger partial charge in [0.15, 0.2) is 0 Å². The third-order valence-corrected chi connectivity index (χ3v) is 0. The first-order chi connectivity index (χ1) is 0. The van der Waals surface area contributed by atoms with Gasteiger partial charge in [-0.05, 0) is 0 Å². The molecule has 0 aromatic carbocycles. The van der Waals surface area contributed by atoms with E-state index in [0.29, 0.717) is 0 Å². The molecule has 0 unspecified atom stereocenters. The molecule has 8 heteroatoms. The molecule has 8 heavy (non-hydrogen) atoms. The second-order valence-corrected chi connectivity index (χ2v) is 0. The van der Waals surface area contributed by atoms with Crippen molar-refractivity contribution in [2.75, 3.05) is 0 Å². The molecule has 0 saturated carbocycles. The predicted molar refractivity (Wildman–Crippen MR) is 0 cm³/mol. The normalized spacial score (nSPS) is 0. The average molecular weight is 467 g/mol. The van der Waals surface area contributed by atoms with E-state index in [0.717, 1.165) is 0 Å². The molecule has 0 aliphatic carbocycles. The summed E-state index contributed by atoms with van der Waals surface area (Å²) < 4.78 is 0. The van der Waals surface area contributed by atoms with Gasteiger partial charge in [0.1, 0.15) is 0 Å². The Kier molecular flexibility index (Phi) is 1440. The van der Waals surface area contributed by atoms with Gasteiger partial charge in [-0.2, -0.15) is 0 Å². The summed E-state index contributed by atoms with van der Waals surface area (Å²) in [6.45, 7) is 0. The van der Waals surface area contributed by atoms with Crippen LogP contribution in [0.1, 0.15) is 0 Å². The van der Waals surface area contributed by atoms with Crippen LogP contribution in [-0.4, -0.2) is 0 Å². The second-order valence-electron chi connectivity index (χ2n) is 0. The van der Waals surface area contributed by atoms with Gasteiger partial charge in [0.05, 0.1) is 0 Å². The number of hydrogen-bond donors (Lipinski definition) is 0. The van der Waals surface area contributed by atoms with Crippen LogP contribution < -0.4 is 74.4 Å². The molecule has 0 fully saturated rings. The molecule has 0 N–H and O–H groups in total. The van der Waals surface area contributed by atoms with Crippen molar-refractivity contribution in [1.29, 1.82) is 0 Å². The Bertz CT molecular complexity index is 8.49. The van der Waals surface area contributed by atoms with E-state index in [9.17, 15) is 0 Å². The van der Waals surface area contributed by atoms with Crippen LogP contribution in [0.15, 0.2) is 0 Å². The molecule has 0 aromatic rings. The Morgan fingerprint density at radius 1 is 0.375 bits per heavy atom. The van der Waals surface area contributed by atoms with Crippen LogP contribution in [0.4, 0.5) is 0 Å². The zero-order valence-corrected chi connectivity index (χ0v) is 10.8. The van der Waals surface area contributed by atoms with Crippen molar-refractivity contribution >= 4 is 0 Å². The molecule has 61 valence electrons. The summed E-state index contributed by atoms with van der Waals surface area (Å²) in [5, 5.41) is 0. The minimum atomic E-state index is 0. The van der Waals surface area contributed by atoms with Gasteiger partial charge < -0.3 is 74.4 Å². The molecule has 0 saturated heterocycles. The zero-order valence-electron chi connectivity index (χ0n) is 2.92. The summed E-state index contributed by atoms with van der Waals surface area (Å²) in [5.74, 6) is 0. The largest absolute Gasteiger partial charge is 4.00 e. The first kappa shape index (κ1) is 125. The molecule has 0 amide bonds. The maximum atomic E-state index is 0. The summed E-state index contributed by atoms with van der Waals surface area (Å²) in [6.07, 6.45) is 0. The van der Waals surface area contributed by atoms with Gasteiger partial charge >= 0.3 is 37.8 Å². The summed E-state index contributed by atoms with van der Waals surface area (Å²) in [6, 6.07) is 0. The second kappa shape index (κ2) is 92.1. The zero-order chi connectivity index (χ0) is 0. The minimum absolute atomic E-state index is 0. The minimum Gasteiger partial charge on any atom is -1.00 e. The van der Waals surface area contributed by atoms with Crippen LogP contribution >= 0.6 is 0 Å². The van der Waals surface area contributed by atoms with E-state index in [4.69, 9.17) is 0 Å². The van der Waals surface area contributed by atoms with Crippen molar-refractivity contribution in [3.63, 3.8) is 0 Å². The van der Waals surface area contributed by atoms with Crippen LogP contribution in [-0.2, 0) is 37.8 Å². The van der Waals surface area contributed by atoms with Gasteiger partial charge in [0.2, 0.25) is 0 Å². The number of rotatable bonds is 0. The van der Waals surface area contributed by atoms with E-state index in [-0.39, 0.29) is 112 Å². The monoisotopic (exact) mass is 464 g/mol. The van der Waals surface area contributed by atoms with Crippen molar-refractivity contribution < 1.29 is 112 Å². The fraction of sp³-hybridized carbons (Fsp3) is 0. The molecule has 1 radical (unpaired) electrons. The van der Waals surface area contributed by atoms with Gasteiger partial charge in [0.25, 0.3) is 0 Å². The summed E-state index contributed by atoms with van der Waals surface area (Å²) in [7, 11) is 0. The topological polar surface area (TPSA) is 0 Å². The standard InChI is InChI=1S/6ClH.Co.Pt/h6*1H;;/q;;;;;;+2;+4/p-6. The molecular weight excluding hydrogens is 467 g/mol. The van der Waals surface area contributed by atoms with Crippen LogP contribution in [0.3, 0.4) is 0 Å². The van der Waals surface area contributed by atoms with Crippen LogP contribution in [0, 0.1) is 0 Å². The van der Waals surface area contributed by atoms with E-state index >= 15 is 0 Å². The molecule has 0 rings (SSSR count). The third-order valence-electron chi connectivity index (χ3n) is 0. The SMILES string of the molecule is [Cl-].[Cl-].[Cl-].[Cl-].[Cl-].[Cl-].[Co+2].[Pt+4]. The van der Waals surface area contributed by atoms with E-state index in [1.165, 1.54) is 0 Å². The number of hydrogen-bond acceptors (Lipinski definition) is 0. The maximum absolute atomic E-state index is 0. The maximum Gasteiger partial charge on any atom is 4.00 e. The van der Waals surface area contributed by atoms with Crippen LogP contribution in [0.5, 0.6) is 0 Å².